The number of hydrogen-bond donors (Lipinski definition) is 3. The smallest absolute Gasteiger partial charge is 0.325 e. The minimum atomic E-state index is -3.95. The number of carbonyl (C=O) groups is 2. The third kappa shape index (κ3) is 3.55. The molecule has 0 spiro atoms. The Morgan fingerprint density at radius 2 is 1.85 bits per heavy atom. The molecule has 1 amide bonds. The monoisotopic (exact) mass is 300 g/mol. The maximum absolute atomic E-state index is 11.9. The van der Waals surface area contributed by atoms with Crippen LogP contribution in [-0.2, 0) is 14.8 Å². The van der Waals surface area contributed by atoms with Gasteiger partial charge in [0.25, 0.3) is 5.91 Å². The molecule has 20 heavy (non-hydrogen) atoms. The molecule has 0 fully saturated rings. The lowest BCUT2D eigenvalue weighted by atomic mass is 10.1. The molecule has 0 heterocycles. The number of amides is 1. The highest BCUT2D eigenvalue weighted by atomic mass is 32.2. The van der Waals surface area contributed by atoms with Gasteiger partial charge in [-0.05, 0) is 44.0 Å². The molecule has 1 aromatic carbocycles. The lowest BCUT2D eigenvalue weighted by Crippen LogP contribution is -2.38. The molecule has 110 valence electrons. The third-order valence-corrected chi connectivity index (χ3v) is 3.94. The first-order chi connectivity index (χ1) is 9.04. The molecule has 8 heteroatoms. The van der Waals surface area contributed by atoms with E-state index in [0.29, 0.717) is 11.1 Å². The van der Waals surface area contributed by atoms with Crippen molar-refractivity contribution >= 4 is 21.9 Å². The first-order valence-corrected chi connectivity index (χ1v) is 7.26. The Morgan fingerprint density at radius 3 is 2.30 bits per heavy atom. The first-order valence-electron chi connectivity index (χ1n) is 5.71. The Morgan fingerprint density at radius 1 is 1.30 bits per heavy atom. The highest BCUT2D eigenvalue weighted by Gasteiger charge is 2.20. The van der Waals surface area contributed by atoms with Crippen molar-refractivity contribution in [1.82, 2.24) is 5.32 Å². The van der Waals surface area contributed by atoms with Gasteiger partial charge in [-0.15, -0.1) is 0 Å². The van der Waals surface area contributed by atoms with E-state index in [1.165, 1.54) is 13.0 Å². The van der Waals surface area contributed by atoms with Gasteiger partial charge >= 0.3 is 5.97 Å². The van der Waals surface area contributed by atoms with Gasteiger partial charge in [-0.25, -0.2) is 13.6 Å². The van der Waals surface area contributed by atoms with Crippen molar-refractivity contribution in [3.05, 3.63) is 28.8 Å². The van der Waals surface area contributed by atoms with Crippen LogP contribution in [0, 0.1) is 13.8 Å². The van der Waals surface area contributed by atoms with Crippen LogP contribution in [0.5, 0.6) is 0 Å². The van der Waals surface area contributed by atoms with Crippen LogP contribution in [0.1, 0.15) is 28.4 Å². The summed E-state index contributed by atoms with van der Waals surface area (Å²) < 4.78 is 22.9. The van der Waals surface area contributed by atoms with Crippen molar-refractivity contribution in [2.45, 2.75) is 31.7 Å². The maximum Gasteiger partial charge on any atom is 0.325 e. The van der Waals surface area contributed by atoms with Crippen molar-refractivity contribution in [3.63, 3.8) is 0 Å². The van der Waals surface area contributed by atoms with Gasteiger partial charge in [0.1, 0.15) is 6.04 Å². The van der Waals surface area contributed by atoms with Crippen LogP contribution < -0.4 is 10.5 Å². The zero-order valence-electron chi connectivity index (χ0n) is 11.3. The van der Waals surface area contributed by atoms with E-state index >= 15 is 0 Å². The number of aliphatic carboxylic acids is 1. The van der Waals surface area contributed by atoms with E-state index in [9.17, 15) is 18.0 Å². The summed E-state index contributed by atoms with van der Waals surface area (Å²) >= 11 is 0. The number of nitrogens with two attached hydrogens (primary N) is 1. The number of sulfonamides is 1. The molecule has 0 saturated carbocycles. The summed E-state index contributed by atoms with van der Waals surface area (Å²) in [7, 11) is -3.95. The van der Waals surface area contributed by atoms with E-state index in [0.717, 1.165) is 6.07 Å². The van der Waals surface area contributed by atoms with E-state index in [2.05, 4.69) is 5.32 Å². The third-order valence-electron chi connectivity index (χ3n) is 2.91. The lowest BCUT2D eigenvalue weighted by molar-refractivity contribution is -0.138. The van der Waals surface area contributed by atoms with Gasteiger partial charge in [-0.1, -0.05) is 0 Å². The molecular formula is C12H16N2O5S. The molecule has 0 aliphatic heterocycles. The molecule has 0 aliphatic carbocycles. The second-order valence-electron chi connectivity index (χ2n) is 4.49. The molecule has 1 atom stereocenters. The summed E-state index contributed by atoms with van der Waals surface area (Å²) in [5.74, 6) is -1.86. The Bertz CT molecular complexity index is 667. The molecular weight excluding hydrogens is 284 g/mol. The van der Waals surface area contributed by atoms with Crippen molar-refractivity contribution in [3.8, 4) is 0 Å². The standard InChI is InChI=1S/C12H16N2O5S/c1-6-4-9(11(15)14-8(3)12(16)17)5-10(7(6)2)20(13,18)19/h4-5,8H,1-3H3,(H,14,15)(H,16,17)(H2,13,18,19)/t8-/m1/s1. The van der Waals surface area contributed by atoms with E-state index in [1.807, 2.05) is 0 Å². The zero-order valence-corrected chi connectivity index (χ0v) is 12.1. The van der Waals surface area contributed by atoms with Crippen molar-refractivity contribution in [1.29, 1.82) is 0 Å². The Balaban J connectivity index is 3.25. The predicted molar refractivity (Wildman–Crippen MR) is 71.9 cm³/mol. The summed E-state index contributed by atoms with van der Waals surface area (Å²) in [6.45, 7) is 4.53. The fourth-order valence-electron chi connectivity index (χ4n) is 1.60. The number of carboxylic acid groups (broad SMARTS) is 1. The summed E-state index contributed by atoms with van der Waals surface area (Å²) in [5.41, 5.74) is 1.07. The normalized spacial score (nSPS) is 12.8. The number of rotatable bonds is 4. The average Bonchev–Trinajstić information content (AvgIpc) is 2.30. The van der Waals surface area contributed by atoms with Gasteiger partial charge in [-0.2, -0.15) is 0 Å². The average molecular weight is 300 g/mol. The highest BCUT2D eigenvalue weighted by Crippen LogP contribution is 2.20. The molecule has 0 aliphatic rings. The molecule has 0 unspecified atom stereocenters. The number of nitrogens with one attached hydrogen (secondary N) is 1. The predicted octanol–water partition coefficient (Wildman–Crippen LogP) is 0.154. The molecule has 0 aromatic heterocycles. The van der Waals surface area contributed by atoms with Gasteiger partial charge in [0, 0.05) is 5.56 Å². The summed E-state index contributed by atoms with van der Waals surface area (Å²) in [4.78, 5) is 22.4. The highest BCUT2D eigenvalue weighted by molar-refractivity contribution is 7.89. The Kier molecular flexibility index (Phi) is 4.51. The Hall–Kier alpha value is -1.93. The van der Waals surface area contributed by atoms with Crippen LogP contribution in [-0.4, -0.2) is 31.4 Å². The number of primary sulfonamides is 1. The van der Waals surface area contributed by atoms with E-state index in [-0.39, 0.29) is 10.5 Å². The maximum atomic E-state index is 11.9. The van der Waals surface area contributed by atoms with Crippen molar-refractivity contribution in [2.24, 2.45) is 5.14 Å². The molecule has 0 radical (unpaired) electrons. The number of aryl methyl sites for hydroxylation is 1. The number of carboxylic acids is 1. The van der Waals surface area contributed by atoms with Gasteiger partial charge in [-0.3, -0.25) is 9.59 Å². The van der Waals surface area contributed by atoms with E-state index in [1.54, 1.807) is 13.8 Å². The molecule has 1 rings (SSSR count). The molecule has 0 bridgehead atoms. The number of carbonyl (C=O) groups excluding carboxylic acids is 1. The van der Waals surface area contributed by atoms with Gasteiger partial charge in [0.15, 0.2) is 0 Å². The van der Waals surface area contributed by atoms with Gasteiger partial charge in [0.2, 0.25) is 10.0 Å². The minimum absolute atomic E-state index is 0.0465. The van der Waals surface area contributed by atoms with Crippen LogP contribution in [0.2, 0.25) is 0 Å². The Labute approximate surface area is 116 Å². The largest absolute Gasteiger partial charge is 0.480 e. The molecule has 0 saturated heterocycles. The SMILES string of the molecule is Cc1cc(C(=O)N[C@H](C)C(=O)O)cc(S(N)(=O)=O)c1C. The van der Waals surface area contributed by atoms with Crippen molar-refractivity contribution < 1.29 is 23.1 Å². The van der Waals surface area contributed by atoms with Crippen LogP contribution in [0.25, 0.3) is 0 Å². The fourth-order valence-corrected chi connectivity index (χ4v) is 2.47. The van der Waals surface area contributed by atoms with Gasteiger partial charge in [0.05, 0.1) is 4.90 Å². The van der Waals surface area contributed by atoms with E-state index < -0.39 is 27.9 Å². The second-order valence-corrected chi connectivity index (χ2v) is 6.02. The van der Waals surface area contributed by atoms with E-state index in [4.69, 9.17) is 10.2 Å². The second kappa shape index (κ2) is 5.59. The molecule has 1 aromatic rings. The minimum Gasteiger partial charge on any atom is -0.480 e. The quantitative estimate of drug-likeness (QED) is 0.729. The lowest BCUT2D eigenvalue weighted by Gasteiger charge is -2.12. The summed E-state index contributed by atoms with van der Waals surface area (Å²) in [5, 5.41) is 16.1. The van der Waals surface area contributed by atoms with Crippen LogP contribution >= 0.6 is 0 Å². The van der Waals surface area contributed by atoms with Gasteiger partial charge < -0.3 is 10.4 Å². The summed E-state index contributed by atoms with van der Waals surface area (Å²) in [6, 6.07) is 1.54. The fraction of sp³-hybridized carbons (Fsp3) is 0.333. The first kappa shape index (κ1) is 16.1. The number of benzene rings is 1. The molecule has 7 nitrogen and oxygen atoms in total. The molecule has 4 N–H and O–H groups in total. The van der Waals surface area contributed by atoms with Crippen LogP contribution in [0.3, 0.4) is 0 Å². The number of hydrogen-bond acceptors (Lipinski definition) is 4. The van der Waals surface area contributed by atoms with Crippen LogP contribution in [0.4, 0.5) is 0 Å². The summed E-state index contributed by atoms with van der Waals surface area (Å²) in [6.07, 6.45) is 0. The topological polar surface area (TPSA) is 127 Å². The van der Waals surface area contributed by atoms with Crippen molar-refractivity contribution in [2.75, 3.05) is 0 Å². The van der Waals surface area contributed by atoms with Crippen LogP contribution in [0.15, 0.2) is 17.0 Å². The zero-order chi connectivity index (χ0) is 15.7.